The first-order chi connectivity index (χ1) is 13.2. The first-order valence-corrected chi connectivity index (χ1v) is 11.4. The minimum absolute atomic E-state index is 0.00279. The molecule has 7 nitrogen and oxygen atoms in total. The van der Waals surface area contributed by atoms with E-state index in [0.717, 1.165) is 14.9 Å². The van der Waals surface area contributed by atoms with Crippen molar-refractivity contribution in [3.63, 3.8) is 0 Å². The van der Waals surface area contributed by atoms with Gasteiger partial charge in [0.15, 0.2) is 0 Å². The van der Waals surface area contributed by atoms with Gasteiger partial charge in [-0.1, -0.05) is 15.9 Å². The third kappa shape index (κ3) is 4.34. The van der Waals surface area contributed by atoms with Gasteiger partial charge < -0.3 is 4.74 Å². The van der Waals surface area contributed by atoms with Gasteiger partial charge in [-0.2, -0.15) is 0 Å². The predicted octanol–water partition coefficient (Wildman–Crippen LogP) is 3.17. The lowest BCUT2D eigenvalue weighted by atomic mass is 10.2. The maximum Gasteiger partial charge on any atom is 0.325 e. The van der Waals surface area contributed by atoms with Crippen molar-refractivity contribution in [3.8, 4) is 0 Å². The Morgan fingerprint density at radius 1 is 1.29 bits per heavy atom. The van der Waals surface area contributed by atoms with Gasteiger partial charge in [0.1, 0.15) is 6.54 Å². The first-order valence-electron chi connectivity index (χ1n) is 8.14. The van der Waals surface area contributed by atoms with Crippen molar-refractivity contribution in [1.82, 2.24) is 0 Å². The van der Waals surface area contributed by atoms with Gasteiger partial charge in [-0.15, -0.1) is 11.8 Å². The van der Waals surface area contributed by atoms with Crippen molar-refractivity contribution in [2.75, 3.05) is 29.0 Å². The summed E-state index contributed by atoms with van der Waals surface area (Å²) in [4.78, 5) is 25.9. The third-order valence-corrected chi connectivity index (χ3v) is 7.42. The number of halogens is 1. The highest BCUT2D eigenvalue weighted by Gasteiger charge is 2.28. The molecule has 0 aromatic heterocycles. The quantitative estimate of drug-likeness (QED) is 0.655. The van der Waals surface area contributed by atoms with E-state index < -0.39 is 16.0 Å². The molecule has 1 aliphatic rings. The van der Waals surface area contributed by atoms with E-state index in [-0.39, 0.29) is 23.1 Å². The number of esters is 1. The van der Waals surface area contributed by atoms with E-state index in [1.54, 1.807) is 24.3 Å². The topological polar surface area (TPSA) is 92.8 Å². The number of carbonyl (C=O) groups is 2. The van der Waals surface area contributed by atoms with Crippen LogP contribution in [0.2, 0.25) is 0 Å². The molecule has 0 unspecified atom stereocenters. The number of amides is 1. The van der Waals surface area contributed by atoms with Gasteiger partial charge in [0.25, 0.3) is 10.0 Å². The van der Waals surface area contributed by atoms with E-state index in [0.29, 0.717) is 11.4 Å². The van der Waals surface area contributed by atoms with Gasteiger partial charge in [-0.25, -0.2) is 8.42 Å². The molecule has 1 heterocycles. The molecule has 2 aromatic carbocycles. The fourth-order valence-corrected chi connectivity index (χ4v) is 4.87. The molecular weight excluding hydrogens is 468 g/mol. The van der Waals surface area contributed by atoms with E-state index >= 15 is 0 Å². The zero-order chi connectivity index (χ0) is 20.5. The number of nitrogens with one attached hydrogen (secondary N) is 1. The lowest BCUT2D eigenvalue weighted by Crippen LogP contribution is -2.39. The van der Waals surface area contributed by atoms with Crippen LogP contribution in [0.4, 0.5) is 11.4 Å². The molecule has 0 fully saturated rings. The van der Waals surface area contributed by atoms with E-state index in [1.807, 2.05) is 6.92 Å². The van der Waals surface area contributed by atoms with Crippen LogP contribution in [0.3, 0.4) is 0 Å². The molecule has 10 heteroatoms. The van der Waals surface area contributed by atoms with E-state index in [1.165, 1.54) is 35.9 Å². The van der Waals surface area contributed by atoms with E-state index in [4.69, 9.17) is 0 Å². The van der Waals surface area contributed by atoms with Crippen molar-refractivity contribution in [2.45, 2.75) is 16.7 Å². The Labute approximate surface area is 175 Å². The minimum atomic E-state index is -3.88. The van der Waals surface area contributed by atoms with Crippen LogP contribution < -0.4 is 9.62 Å². The van der Waals surface area contributed by atoms with Gasteiger partial charge in [-0.05, 0) is 48.9 Å². The van der Waals surface area contributed by atoms with Gasteiger partial charge in [0.05, 0.1) is 23.4 Å². The van der Waals surface area contributed by atoms with Gasteiger partial charge in [-0.3, -0.25) is 19.2 Å². The number of carbonyl (C=O) groups excluding carboxylic acids is 2. The molecule has 1 N–H and O–H groups in total. The first kappa shape index (κ1) is 20.7. The summed E-state index contributed by atoms with van der Waals surface area (Å²) in [5, 5.41) is 0. The van der Waals surface area contributed by atoms with Crippen LogP contribution in [0, 0.1) is 6.92 Å². The number of benzene rings is 2. The molecule has 3 rings (SSSR count). The number of rotatable bonds is 5. The highest BCUT2D eigenvalue weighted by Crippen LogP contribution is 2.37. The number of fused-ring (bicyclic) bond motifs is 1. The molecular formula is C18H17BrN2O5S2. The van der Waals surface area contributed by atoms with Gasteiger partial charge in [0, 0.05) is 15.1 Å². The highest BCUT2D eigenvalue weighted by molar-refractivity contribution is 9.10. The second kappa shape index (κ2) is 8.14. The van der Waals surface area contributed by atoms with Gasteiger partial charge >= 0.3 is 5.97 Å². The summed E-state index contributed by atoms with van der Waals surface area (Å²) in [5.41, 5.74) is 1.69. The molecule has 0 atom stereocenters. The Morgan fingerprint density at radius 3 is 2.71 bits per heavy atom. The van der Waals surface area contributed by atoms with Crippen LogP contribution in [-0.2, 0) is 24.3 Å². The van der Waals surface area contributed by atoms with Crippen LogP contribution >= 0.6 is 27.7 Å². The van der Waals surface area contributed by atoms with Crippen molar-refractivity contribution >= 4 is 61.0 Å². The number of aryl methyl sites for hydroxylation is 1. The molecule has 0 radical (unpaired) electrons. The molecule has 0 spiro atoms. The van der Waals surface area contributed by atoms with Crippen molar-refractivity contribution in [3.05, 3.63) is 46.4 Å². The second-order valence-electron chi connectivity index (χ2n) is 6.04. The molecule has 0 bridgehead atoms. The van der Waals surface area contributed by atoms with Gasteiger partial charge in [0.2, 0.25) is 5.91 Å². The summed E-state index contributed by atoms with van der Waals surface area (Å²) >= 11 is 4.68. The summed E-state index contributed by atoms with van der Waals surface area (Å²) < 4.78 is 33.7. The standard InChI is InChI=1S/C18H17BrN2O5S2/c1-11-7-12(3-5-14(11)19)20-28(24,25)13-4-6-16-15(8-13)21(9-18(23)26-2)17(22)10-27-16/h3-8,20H,9-10H2,1-2H3. The molecule has 0 saturated heterocycles. The molecule has 1 amide bonds. The normalized spacial score (nSPS) is 13.8. The number of nitrogens with zero attached hydrogens (tertiary/aromatic N) is 1. The Bertz CT molecular complexity index is 1060. The van der Waals surface area contributed by atoms with Crippen molar-refractivity contribution < 1.29 is 22.7 Å². The maximum atomic E-state index is 12.8. The monoisotopic (exact) mass is 484 g/mol. The molecule has 0 aliphatic carbocycles. The Kier molecular flexibility index (Phi) is 6.01. The zero-order valence-corrected chi connectivity index (χ0v) is 18.3. The van der Waals surface area contributed by atoms with Crippen molar-refractivity contribution in [1.29, 1.82) is 0 Å². The highest BCUT2D eigenvalue weighted by atomic mass is 79.9. The average Bonchev–Trinajstić information content (AvgIpc) is 2.66. The third-order valence-electron chi connectivity index (χ3n) is 4.11. The summed E-state index contributed by atoms with van der Waals surface area (Å²) in [6.07, 6.45) is 0. The summed E-state index contributed by atoms with van der Waals surface area (Å²) in [6.45, 7) is 1.58. The number of hydrogen-bond donors (Lipinski definition) is 1. The Morgan fingerprint density at radius 2 is 2.04 bits per heavy atom. The van der Waals surface area contributed by atoms with E-state index in [9.17, 15) is 18.0 Å². The van der Waals surface area contributed by atoms with Crippen LogP contribution in [0.5, 0.6) is 0 Å². The van der Waals surface area contributed by atoms with Crippen LogP contribution in [0.15, 0.2) is 50.7 Å². The second-order valence-corrected chi connectivity index (χ2v) is 9.60. The number of methoxy groups -OCH3 is 1. The zero-order valence-electron chi connectivity index (χ0n) is 15.1. The average molecular weight is 485 g/mol. The fraction of sp³-hybridized carbons (Fsp3) is 0.222. The number of anilines is 2. The molecule has 2 aromatic rings. The number of sulfonamides is 1. The predicted molar refractivity (Wildman–Crippen MR) is 111 cm³/mol. The number of ether oxygens (including phenoxy) is 1. The number of thioether (sulfide) groups is 1. The Balaban J connectivity index is 1.95. The van der Waals surface area contributed by atoms with E-state index in [2.05, 4.69) is 25.4 Å². The lowest BCUT2D eigenvalue weighted by molar-refractivity contribution is -0.139. The maximum absolute atomic E-state index is 12.8. The van der Waals surface area contributed by atoms with Crippen LogP contribution in [0.1, 0.15) is 5.56 Å². The largest absolute Gasteiger partial charge is 0.468 e. The Hall–Kier alpha value is -2.04. The fourth-order valence-electron chi connectivity index (χ4n) is 2.64. The minimum Gasteiger partial charge on any atom is -0.468 e. The van der Waals surface area contributed by atoms with Crippen LogP contribution in [0.25, 0.3) is 0 Å². The summed E-state index contributed by atoms with van der Waals surface area (Å²) in [5.74, 6) is -0.691. The lowest BCUT2D eigenvalue weighted by Gasteiger charge is -2.28. The molecule has 1 aliphatic heterocycles. The van der Waals surface area contributed by atoms with Crippen LogP contribution in [-0.4, -0.2) is 39.7 Å². The summed E-state index contributed by atoms with van der Waals surface area (Å²) in [7, 11) is -2.65. The molecule has 28 heavy (non-hydrogen) atoms. The number of hydrogen-bond acceptors (Lipinski definition) is 6. The van der Waals surface area contributed by atoms with Crippen molar-refractivity contribution in [2.24, 2.45) is 0 Å². The molecule has 148 valence electrons. The molecule has 0 saturated carbocycles. The smallest absolute Gasteiger partial charge is 0.325 e. The summed E-state index contributed by atoms with van der Waals surface area (Å²) in [6, 6.07) is 9.63. The SMILES string of the molecule is COC(=O)CN1C(=O)CSc2ccc(S(=O)(=O)Nc3ccc(Br)c(C)c3)cc21.